The largest absolute Gasteiger partial charge is 0.481 e. The number of nitrogens with zero attached hydrogens (tertiary/aromatic N) is 2. The molecule has 3 aliphatic rings. The summed E-state index contributed by atoms with van der Waals surface area (Å²) in [7, 11) is -4.63. The van der Waals surface area contributed by atoms with Gasteiger partial charge in [0.25, 0.3) is 0 Å². The van der Waals surface area contributed by atoms with Crippen LogP contribution in [0.5, 0.6) is 0 Å². The number of likely N-dealkylation sites (tertiary alicyclic amines) is 2. The van der Waals surface area contributed by atoms with Crippen LogP contribution in [-0.2, 0) is 31.5 Å². The number of carbonyl (C=O) groups excluding carboxylic acids is 1. The summed E-state index contributed by atoms with van der Waals surface area (Å²) < 4.78 is 137. The van der Waals surface area contributed by atoms with Crippen molar-refractivity contribution < 1.29 is 58.2 Å². The zero-order valence-electron chi connectivity index (χ0n) is 22.8. The zero-order chi connectivity index (χ0) is 32.5. The van der Waals surface area contributed by atoms with Crippen molar-refractivity contribution >= 4 is 21.8 Å². The summed E-state index contributed by atoms with van der Waals surface area (Å²) in [5.74, 6) is -2.73. The van der Waals surface area contributed by atoms with Gasteiger partial charge in [-0.2, -0.15) is 26.3 Å². The topological polar surface area (TPSA) is 95.0 Å². The van der Waals surface area contributed by atoms with Crippen LogP contribution in [0.3, 0.4) is 0 Å². The highest BCUT2D eigenvalue weighted by molar-refractivity contribution is 7.92. The first kappa shape index (κ1) is 32.0. The maximum Gasteiger partial charge on any atom is 0.435 e. The monoisotopic (exact) mass is 654 g/mol. The number of alkyl halides is 7. The number of rotatable bonds is 4. The van der Waals surface area contributed by atoms with Crippen molar-refractivity contribution in [1.29, 1.82) is 0 Å². The molecule has 2 aromatic rings. The summed E-state index contributed by atoms with van der Waals surface area (Å²) >= 11 is 0. The number of sulfone groups is 1. The molecule has 2 aromatic carbocycles. The lowest BCUT2D eigenvalue weighted by Crippen LogP contribution is -2.56. The number of carboxylic acids is 1. The van der Waals surface area contributed by atoms with Gasteiger partial charge in [0.1, 0.15) is 10.6 Å². The van der Waals surface area contributed by atoms with E-state index in [0.29, 0.717) is 18.9 Å². The lowest BCUT2D eigenvalue weighted by atomic mass is 9.77. The maximum atomic E-state index is 15.0. The molecule has 2 fully saturated rings. The first-order valence-electron chi connectivity index (χ1n) is 13.6. The fraction of sp³-hybridized carbons (Fsp3) is 0.500. The molecule has 0 aromatic heterocycles. The summed E-state index contributed by atoms with van der Waals surface area (Å²) in [4.78, 5) is 27.4. The average molecular weight is 655 g/mol. The van der Waals surface area contributed by atoms with Crippen LogP contribution < -0.4 is 0 Å². The molecule has 5 rings (SSSR count). The van der Waals surface area contributed by atoms with Gasteiger partial charge in [-0.3, -0.25) is 4.79 Å². The number of benzene rings is 2. The van der Waals surface area contributed by atoms with Gasteiger partial charge in [-0.1, -0.05) is 18.2 Å². The molecule has 0 saturated carbocycles. The highest BCUT2D eigenvalue weighted by Gasteiger charge is 2.74. The Hall–Kier alpha value is -3.43. The van der Waals surface area contributed by atoms with Gasteiger partial charge in [0.2, 0.25) is 0 Å². The molecule has 2 amide bonds. The Balaban J connectivity index is 1.65. The van der Waals surface area contributed by atoms with Gasteiger partial charge in [-0.05, 0) is 67.5 Å². The third kappa shape index (κ3) is 4.70. The van der Waals surface area contributed by atoms with Gasteiger partial charge in [0.05, 0.1) is 16.9 Å². The number of aliphatic carboxylic acids is 1. The summed E-state index contributed by atoms with van der Waals surface area (Å²) in [6.07, 6.45) is -12.9. The quantitative estimate of drug-likeness (QED) is 0.336. The van der Waals surface area contributed by atoms with Gasteiger partial charge in [0, 0.05) is 25.2 Å². The van der Waals surface area contributed by atoms with Crippen molar-refractivity contribution in [1.82, 2.24) is 9.80 Å². The molecule has 0 radical (unpaired) electrons. The third-order valence-corrected chi connectivity index (χ3v) is 11.5. The van der Waals surface area contributed by atoms with Crippen LogP contribution in [0.1, 0.15) is 42.4 Å². The first-order chi connectivity index (χ1) is 20.4. The molecule has 2 saturated heterocycles. The number of carboxylic acid groups (broad SMARTS) is 1. The van der Waals surface area contributed by atoms with Crippen molar-refractivity contribution in [3.05, 3.63) is 65.0 Å². The maximum absolute atomic E-state index is 15.0. The van der Waals surface area contributed by atoms with E-state index >= 15 is 0 Å². The Morgan fingerprint density at radius 1 is 0.909 bits per heavy atom. The molecule has 1 aliphatic carbocycles. The molecule has 2 heterocycles. The molecule has 1 N–H and O–H groups in total. The van der Waals surface area contributed by atoms with E-state index in [-0.39, 0.29) is 56.1 Å². The Morgan fingerprint density at radius 2 is 1.55 bits per heavy atom. The smallest absolute Gasteiger partial charge is 0.435 e. The number of amides is 2. The van der Waals surface area contributed by atoms with Gasteiger partial charge in [0.15, 0.2) is 9.84 Å². The van der Waals surface area contributed by atoms with E-state index in [1.54, 1.807) is 0 Å². The second-order valence-corrected chi connectivity index (χ2v) is 13.5. The predicted molar refractivity (Wildman–Crippen MR) is 137 cm³/mol. The summed E-state index contributed by atoms with van der Waals surface area (Å²) in [5.41, 5.74) is -7.95. The van der Waals surface area contributed by atoms with Gasteiger partial charge >= 0.3 is 30.0 Å². The van der Waals surface area contributed by atoms with E-state index < -0.39 is 72.8 Å². The van der Waals surface area contributed by atoms with Crippen LogP contribution in [-0.4, -0.2) is 73.4 Å². The number of piperidine rings is 1. The van der Waals surface area contributed by atoms with Crippen molar-refractivity contribution in [3.63, 3.8) is 0 Å². The Morgan fingerprint density at radius 3 is 2.14 bits per heavy atom. The van der Waals surface area contributed by atoms with Crippen LogP contribution >= 0.6 is 0 Å². The lowest BCUT2D eigenvalue weighted by Gasteiger charge is -2.44. The highest BCUT2D eigenvalue weighted by Crippen LogP contribution is 2.56. The number of fused-ring (bicyclic) bond motifs is 3. The predicted octanol–water partition coefficient (Wildman–Crippen LogP) is 5.72. The fourth-order valence-corrected chi connectivity index (χ4v) is 9.18. The number of aryl methyl sites for hydroxylation is 1. The van der Waals surface area contributed by atoms with Crippen LogP contribution in [0.15, 0.2) is 47.4 Å². The number of carbonyl (C=O) groups is 2. The molecule has 7 nitrogen and oxygen atoms in total. The number of urea groups is 1. The second kappa shape index (κ2) is 10.6. The zero-order valence-corrected chi connectivity index (χ0v) is 23.6. The van der Waals surface area contributed by atoms with Gasteiger partial charge in [-0.15, -0.1) is 0 Å². The number of hydrogen-bond donors (Lipinski definition) is 1. The summed E-state index contributed by atoms with van der Waals surface area (Å²) in [6.45, 7) is -0.142. The molecule has 0 spiro atoms. The lowest BCUT2D eigenvalue weighted by molar-refractivity contribution is -0.348. The van der Waals surface area contributed by atoms with Crippen LogP contribution in [0.4, 0.5) is 39.9 Å². The molecule has 0 unspecified atom stereocenters. The normalized spacial score (nSPS) is 24.5. The molecule has 240 valence electrons. The molecular weight excluding hydrogens is 628 g/mol. The minimum Gasteiger partial charge on any atom is -0.481 e. The van der Waals surface area contributed by atoms with Crippen molar-refractivity contribution in [2.24, 2.45) is 5.92 Å². The van der Waals surface area contributed by atoms with E-state index in [1.165, 1.54) is 9.80 Å². The minimum absolute atomic E-state index is 0.136. The number of halogens is 8. The van der Waals surface area contributed by atoms with Crippen LogP contribution in [0.25, 0.3) is 0 Å². The third-order valence-electron chi connectivity index (χ3n) is 8.96. The molecule has 2 aliphatic heterocycles. The summed E-state index contributed by atoms with van der Waals surface area (Å²) in [6, 6.07) is 3.21. The van der Waals surface area contributed by atoms with E-state index in [0.717, 1.165) is 30.3 Å². The van der Waals surface area contributed by atoms with Gasteiger partial charge < -0.3 is 14.9 Å². The van der Waals surface area contributed by atoms with Gasteiger partial charge in [-0.25, -0.2) is 22.0 Å². The molecule has 16 heteroatoms. The van der Waals surface area contributed by atoms with Crippen molar-refractivity contribution in [2.45, 2.75) is 65.8 Å². The SMILES string of the molecule is O=C(O)[C@H]1CCCN(C(=O)N2CC[C@@]3(S(=O)(=O)c4ccc(F)cc4)c4ccc(C(F)(C(F)(F)F)C(F)(F)F)cc4CC[C@@H]23)C1. The van der Waals surface area contributed by atoms with Crippen LogP contribution in [0.2, 0.25) is 0 Å². The first-order valence-corrected chi connectivity index (χ1v) is 15.1. The van der Waals surface area contributed by atoms with E-state index in [4.69, 9.17) is 0 Å². The van der Waals surface area contributed by atoms with E-state index in [1.807, 2.05) is 0 Å². The van der Waals surface area contributed by atoms with Crippen molar-refractivity contribution in [3.8, 4) is 0 Å². The van der Waals surface area contributed by atoms with E-state index in [9.17, 15) is 58.2 Å². The van der Waals surface area contributed by atoms with E-state index in [2.05, 4.69) is 0 Å². The van der Waals surface area contributed by atoms with Crippen molar-refractivity contribution in [2.75, 3.05) is 19.6 Å². The Bertz CT molecular complexity index is 1560. The molecular formula is C28H26F8N2O5S. The number of hydrogen-bond acceptors (Lipinski definition) is 4. The molecule has 3 atom stereocenters. The minimum atomic E-state index is -6.38. The standard InChI is InChI=1S/C28H26F8N2O5S/c29-19-5-7-20(8-6-19)44(42,43)25-11-13-38(24(41)37-12-1-2-17(15-37)23(39)40)22(25)10-3-16-14-18(4-9-21(16)25)26(30,27(31,32)33)28(34,35)36/h4-9,14,17,22H,1-3,10-13,15H2,(H,39,40)/t17-,22+,25+/m0/s1. The fourth-order valence-electron chi connectivity index (χ4n) is 6.82. The van der Waals surface area contributed by atoms with Crippen LogP contribution in [0, 0.1) is 11.7 Å². The molecule has 44 heavy (non-hydrogen) atoms. The molecule has 0 bridgehead atoms. The summed E-state index contributed by atoms with van der Waals surface area (Å²) in [5, 5.41) is 9.45. The second-order valence-electron chi connectivity index (χ2n) is 11.3. The Kier molecular flexibility index (Phi) is 7.69. The highest BCUT2D eigenvalue weighted by atomic mass is 32.2. The average Bonchev–Trinajstić information content (AvgIpc) is 3.37. The Labute approximate surface area is 246 Å².